The predicted octanol–water partition coefficient (Wildman–Crippen LogP) is 1.94. The Morgan fingerprint density at radius 2 is 2.09 bits per heavy atom. The van der Waals surface area contributed by atoms with E-state index in [1.165, 1.54) is 18.3 Å². The highest BCUT2D eigenvalue weighted by atomic mass is 16.2. The molecule has 2 heterocycles. The van der Waals surface area contributed by atoms with Crippen LogP contribution in [0.5, 0.6) is 0 Å². The SMILES string of the molecule is CC(C)=CCC[C@@H](C)CN1CCN(C(=O)c2ncn[nH]2)CC1. The van der Waals surface area contributed by atoms with Gasteiger partial charge in [-0.05, 0) is 32.6 Å². The zero-order valence-electron chi connectivity index (χ0n) is 13.9. The van der Waals surface area contributed by atoms with Gasteiger partial charge in [0.05, 0.1) is 0 Å². The highest BCUT2D eigenvalue weighted by Crippen LogP contribution is 2.12. The molecular formula is C16H27N5O. The second-order valence-corrected chi connectivity index (χ2v) is 6.39. The molecule has 0 bridgehead atoms. The van der Waals surface area contributed by atoms with E-state index in [2.05, 4.69) is 46.9 Å². The fourth-order valence-corrected chi connectivity index (χ4v) is 2.78. The number of aromatic nitrogens is 3. The van der Waals surface area contributed by atoms with E-state index in [-0.39, 0.29) is 5.91 Å². The van der Waals surface area contributed by atoms with Crippen molar-refractivity contribution in [1.29, 1.82) is 0 Å². The molecule has 22 heavy (non-hydrogen) atoms. The summed E-state index contributed by atoms with van der Waals surface area (Å²) in [6.45, 7) is 11.1. The van der Waals surface area contributed by atoms with Gasteiger partial charge >= 0.3 is 0 Å². The molecule has 0 saturated carbocycles. The van der Waals surface area contributed by atoms with Gasteiger partial charge in [-0.1, -0.05) is 18.6 Å². The Labute approximate surface area is 132 Å². The Morgan fingerprint density at radius 1 is 1.36 bits per heavy atom. The van der Waals surface area contributed by atoms with Crippen LogP contribution in [-0.4, -0.2) is 63.6 Å². The molecule has 1 N–H and O–H groups in total. The lowest BCUT2D eigenvalue weighted by molar-refractivity contribution is 0.0607. The van der Waals surface area contributed by atoms with Gasteiger partial charge < -0.3 is 4.90 Å². The number of allylic oxidation sites excluding steroid dienone is 2. The van der Waals surface area contributed by atoms with Crippen molar-refractivity contribution in [2.45, 2.75) is 33.6 Å². The third-order valence-electron chi connectivity index (χ3n) is 4.06. The monoisotopic (exact) mass is 305 g/mol. The van der Waals surface area contributed by atoms with Gasteiger partial charge in [-0.3, -0.25) is 14.8 Å². The third kappa shape index (κ3) is 4.94. The van der Waals surface area contributed by atoms with Crippen LogP contribution in [0.1, 0.15) is 44.2 Å². The van der Waals surface area contributed by atoms with E-state index < -0.39 is 0 Å². The lowest BCUT2D eigenvalue weighted by Gasteiger charge is -2.35. The highest BCUT2D eigenvalue weighted by molar-refractivity contribution is 5.90. The maximum atomic E-state index is 12.2. The van der Waals surface area contributed by atoms with E-state index in [4.69, 9.17) is 0 Å². The van der Waals surface area contributed by atoms with Crippen molar-refractivity contribution in [3.05, 3.63) is 23.8 Å². The van der Waals surface area contributed by atoms with Crippen molar-refractivity contribution in [3.8, 4) is 0 Å². The van der Waals surface area contributed by atoms with Crippen molar-refractivity contribution in [2.75, 3.05) is 32.7 Å². The Balaban J connectivity index is 1.71. The second-order valence-electron chi connectivity index (χ2n) is 6.39. The molecule has 1 amide bonds. The predicted molar refractivity (Wildman–Crippen MR) is 86.6 cm³/mol. The Bertz CT molecular complexity index is 485. The smallest absolute Gasteiger partial charge is 0.291 e. The average Bonchev–Trinajstić information content (AvgIpc) is 3.01. The minimum absolute atomic E-state index is 0.0474. The molecule has 6 nitrogen and oxygen atoms in total. The molecule has 6 heteroatoms. The number of hydrogen-bond acceptors (Lipinski definition) is 4. The maximum absolute atomic E-state index is 12.2. The number of H-pyrrole nitrogens is 1. The van der Waals surface area contributed by atoms with Crippen molar-refractivity contribution >= 4 is 5.91 Å². The third-order valence-corrected chi connectivity index (χ3v) is 4.06. The summed E-state index contributed by atoms with van der Waals surface area (Å²) in [6.07, 6.45) is 6.07. The summed E-state index contributed by atoms with van der Waals surface area (Å²) < 4.78 is 0. The maximum Gasteiger partial charge on any atom is 0.291 e. The molecule has 0 radical (unpaired) electrons. The fourth-order valence-electron chi connectivity index (χ4n) is 2.78. The van der Waals surface area contributed by atoms with Crippen molar-refractivity contribution in [1.82, 2.24) is 25.0 Å². The highest BCUT2D eigenvalue weighted by Gasteiger charge is 2.24. The van der Waals surface area contributed by atoms with Gasteiger partial charge in [-0.2, -0.15) is 5.10 Å². The van der Waals surface area contributed by atoms with Gasteiger partial charge in [0.25, 0.3) is 5.91 Å². The first-order valence-corrected chi connectivity index (χ1v) is 8.06. The van der Waals surface area contributed by atoms with Crippen LogP contribution < -0.4 is 0 Å². The van der Waals surface area contributed by atoms with Crippen molar-refractivity contribution in [3.63, 3.8) is 0 Å². The van der Waals surface area contributed by atoms with Crippen LogP contribution in [0.2, 0.25) is 0 Å². The first kappa shape index (κ1) is 16.7. The van der Waals surface area contributed by atoms with Crippen LogP contribution in [0.25, 0.3) is 0 Å². The minimum Gasteiger partial charge on any atom is -0.333 e. The zero-order chi connectivity index (χ0) is 15.9. The molecule has 1 aromatic heterocycles. The summed E-state index contributed by atoms with van der Waals surface area (Å²) in [5.74, 6) is 0.976. The summed E-state index contributed by atoms with van der Waals surface area (Å²) in [6, 6.07) is 0. The van der Waals surface area contributed by atoms with Crippen LogP contribution in [-0.2, 0) is 0 Å². The quantitative estimate of drug-likeness (QED) is 0.816. The topological polar surface area (TPSA) is 65.1 Å². The van der Waals surface area contributed by atoms with Gasteiger partial charge in [0.2, 0.25) is 5.82 Å². The first-order valence-electron chi connectivity index (χ1n) is 8.06. The standard InChI is InChI=1S/C16H27N5O/c1-13(2)5-4-6-14(3)11-20-7-9-21(10-8-20)16(22)15-17-12-18-19-15/h5,12,14H,4,6-11H2,1-3H3,(H,17,18,19)/t14-/m1/s1. The lowest BCUT2D eigenvalue weighted by Crippen LogP contribution is -2.49. The second kappa shape index (κ2) is 8.08. The Hall–Kier alpha value is -1.69. The van der Waals surface area contributed by atoms with E-state index >= 15 is 0 Å². The summed E-state index contributed by atoms with van der Waals surface area (Å²) in [5.41, 5.74) is 1.40. The first-order chi connectivity index (χ1) is 10.6. The molecule has 1 saturated heterocycles. The van der Waals surface area contributed by atoms with Crippen LogP contribution in [0.4, 0.5) is 0 Å². The van der Waals surface area contributed by atoms with Crippen LogP contribution in [0, 0.1) is 5.92 Å². The number of piperazine rings is 1. The van der Waals surface area contributed by atoms with Crippen molar-refractivity contribution < 1.29 is 4.79 Å². The zero-order valence-corrected chi connectivity index (χ0v) is 13.9. The van der Waals surface area contributed by atoms with Gasteiger partial charge in [0.1, 0.15) is 6.33 Å². The lowest BCUT2D eigenvalue weighted by atomic mass is 10.0. The Morgan fingerprint density at radius 3 is 2.68 bits per heavy atom. The molecule has 0 aromatic carbocycles. The minimum atomic E-state index is -0.0474. The molecule has 0 unspecified atom stereocenters. The van der Waals surface area contributed by atoms with E-state index in [0.29, 0.717) is 11.7 Å². The molecule has 1 atom stereocenters. The number of amides is 1. The average molecular weight is 305 g/mol. The number of aromatic amines is 1. The number of hydrogen-bond donors (Lipinski definition) is 1. The largest absolute Gasteiger partial charge is 0.333 e. The van der Waals surface area contributed by atoms with Gasteiger partial charge in [-0.15, -0.1) is 0 Å². The summed E-state index contributed by atoms with van der Waals surface area (Å²) >= 11 is 0. The molecule has 1 aromatic rings. The van der Waals surface area contributed by atoms with E-state index in [1.807, 2.05) is 4.90 Å². The van der Waals surface area contributed by atoms with Crippen LogP contribution in [0.3, 0.4) is 0 Å². The number of rotatable bonds is 6. The molecule has 122 valence electrons. The Kier molecular flexibility index (Phi) is 6.12. The van der Waals surface area contributed by atoms with Gasteiger partial charge in [0.15, 0.2) is 0 Å². The summed E-state index contributed by atoms with van der Waals surface area (Å²) in [4.78, 5) is 20.4. The molecule has 0 spiro atoms. The molecule has 1 aliphatic heterocycles. The molecular weight excluding hydrogens is 278 g/mol. The van der Waals surface area contributed by atoms with Crippen molar-refractivity contribution in [2.24, 2.45) is 5.92 Å². The number of carbonyl (C=O) groups excluding carboxylic acids is 1. The fraction of sp³-hybridized carbons (Fsp3) is 0.688. The van der Waals surface area contributed by atoms with E-state index in [0.717, 1.165) is 39.1 Å². The van der Waals surface area contributed by atoms with E-state index in [1.54, 1.807) is 0 Å². The molecule has 0 aliphatic carbocycles. The summed E-state index contributed by atoms with van der Waals surface area (Å²) in [7, 11) is 0. The molecule has 1 aliphatic rings. The molecule has 2 rings (SSSR count). The summed E-state index contributed by atoms with van der Waals surface area (Å²) in [5, 5.41) is 6.37. The van der Waals surface area contributed by atoms with Gasteiger partial charge in [-0.25, -0.2) is 4.98 Å². The van der Waals surface area contributed by atoms with Gasteiger partial charge in [0, 0.05) is 32.7 Å². The van der Waals surface area contributed by atoms with E-state index in [9.17, 15) is 4.79 Å². The van der Waals surface area contributed by atoms with Crippen LogP contribution in [0.15, 0.2) is 18.0 Å². The number of carbonyl (C=O) groups is 1. The molecule has 1 fully saturated rings. The van der Waals surface area contributed by atoms with Crippen LogP contribution >= 0.6 is 0 Å². The number of nitrogens with zero attached hydrogens (tertiary/aromatic N) is 4. The normalized spacial score (nSPS) is 17.3. The number of nitrogens with one attached hydrogen (secondary N) is 1.